The van der Waals surface area contributed by atoms with Crippen molar-refractivity contribution in [2.45, 2.75) is 52.5 Å². The maximum Gasteiger partial charge on any atom is 0.272 e. The summed E-state index contributed by atoms with van der Waals surface area (Å²) < 4.78 is 0. The van der Waals surface area contributed by atoms with Crippen molar-refractivity contribution in [2.24, 2.45) is 11.8 Å². The molecule has 3 N–H and O–H groups in total. The van der Waals surface area contributed by atoms with Gasteiger partial charge in [-0.1, -0.05) is 27.7 Å². The minimum Gasteiger partial charge on any atom is -0.396 e. The van der Waals surface area contributed by atoms with Gasteiger partial charge >= 0.3 is 0 Å². The van der Waals surface area contributed by atoms with Gasteiger partial charge in [-0.2, -0.15) is 0 Å². The van der Waals surface area contributed by atoms with Gasteiger partial charge in [0, 0.05) is 12.0 Å². The summed E-state index contributed by atoms with van der Waals surface area (Å²) in [7, 11) is 0. The Hall–Kier alpha value is -1.65. The van der Waals surface area contributed by atoms with Crippen molar-refractivity contribution in [1.29, 1.82) is 0 Å². The van der Waals surface area contributed by atoms with Gasteiger partial charge in [-0.25, -0.2) is 9.97 Å². The Morgan fingerprint density at radius 3 is 2.65 bits per heavy atom. The van der Waals surface area contributed by atoms with Crippen LogP contribution < -0.4 is 11.1 Å². The standard InChI is InChI=1S/C15H24N4O/c1-8(2)14-17-7-11(16)13(19-14)15(20)18-12-6-5-9(3)10(12)4/h7-10,12H,5-6,16H2,1-4H3,(H,18,20). The molecule has 1 fully saturated rings. The van der Waals surface area contributed by atoms with E-state index in [4.69, 9.17) is 5.73 Å². The Bertz CT molecular complexity index is 501. The van der Waals surface area contributed by atoms with Crippen LogP contribution in [-0.4, -0.2) is 21.9 Å². The molecule has 5 heteroatoms. The van der Waals surface area contributed by atoms with Gasteiger partial charge in [0.05, 0.1) is 11.9 Å². The molecule has 1 aliphatic rings. The van der Waals surface area contributed by atoms with Crippen LogP contribution in [0.2, 0.25) is 0 Å². The molecule has 0 aromatic carbocycles. The number of nitrogens with one attached hydrogen (secondary N) is 1. The summed E-state index contributed by atoms with van der Waals surface area (Å²) in [5, 5.41) is 3.07. The fourth-order valence-electron chi connectivity index (χ4n) is 2.67. The zero-order valence-corrected chi connectivity index (χ0v) is 12.7. The summed E-state index contributed by atoms with van der Waals surface area (Å²) in [6.07, 6.45) is 3.71. The molecule has 1 amide bonds. The van der Waals surface area contributed by atoms with Crippen LogP contribution in [0.4, 0.5) is 5.69 Å². The van der Waals surface area contributed by atoms with E-state index in [-0.39, 0.29) is 17.9 Å². The molecule has 5 nitrogen and oxygen atoms in total. The van der Waals surface area contributed by atoms with Gasteiger partial charge in [0.15, 0.2) is 5.69 Å². The van der Waals surface area contributed by atoms with E-state index in [0.29, 0.717) is 29.0 Å². The van der Waals surface area contributed by atoms with Gasteiger partial charge < -0.3 is 11.1 Å². The molecule has 1 aromatic heterocycles. The van der Waals surface area contributed by atoms with Crippen LogP contribution in [0.5, 0.6) is 0 Å². The van der Waals surface area contributed by atoms with E-state index in [2.05, 4.69) is 29.1 Å². The fourth-order valence-corrected chi connectivity index (χ4v) is 2.67. The Labute approximate surface area is 120 Å². The first-order valence-corrected chi connectivity index (χ1v) is 7.33. The van der Waals surface area contributed by atoms with E-state index < -0.39 is 0 Å². The number of anilines is 1. The predicted molar refractivity (Wildman–Crippen MR) is 79.3 cm³/mol. The number of rotatable bonds is 3. The Kier molecular flexibility index (Phi) is 4.26. The van der Waals surface area contributed by atoms with Crippen LogP contribution in [0.15, 0.2) is 6.20 Å². The summed E-state index contributed by atoms with van der Waals surface area (Å²) >= 11 is 0. The third-order valence-electron chi connectivity index (χ3n) is 4.35. The largest absolute Gasteiger partial charge is 0.396 e. The lowest BCUT2D eigenvalue weighted by atomic mass is 9.98. The maximum atomic E-state index is 12.4. The second-order valence-electron chi connectivity index (χ2n) is 6.18. The monoisotopic (exact) mass is 276 g/mol. The van der Waals surface area contributed by atoms with Gasteiger partial charge in [-0.15, -0.1) is 0 Å². The number of nitrogens with two attached hydrogens (primary N) is 1. The first-order valence-electron chi connectivity index (χ1n) is 7.33. The van der Waals surface area contributed by atoms with E-state index in [1.807, 2.05) is 13.8 Å². The highest BCUT2D eigenvalue weighted by Crippen LogP contribution is 2.31. The number of nitrogen functional groups attached to an aromatic ring is 1. The molecule has 1 aromatic rings. The van der Waals surface area contributed by atoms with Crippen LogP contribution in [0.1, 0.15) is 62.8 Å². The molecule has 1 heterocycles. The molecule has 3 atom stereocenters. The van der Waals surface area contributed by atoms with Crippen LogP contribution in [0, 0.1) is 11.8 Å². The maximum absolute atomic E-state index is 12.4. The lowest BCUT2D eigenvalue weighted by Crippen LogP contribution is -2.38. The Balaban J connectivity index is 2.15. The van der Waals surface area contributed by atoms with Gasteiger partial charge in [0.1, 0.15) is 5.82 Å². The molecule has 2 rings (SSSR count). The Morgan fingerprint density at radius 1 is 1.40 bits per heavy atom. The van der Waals surface area contributed by atoms with Crippen molar-refractivity contribution in [3.05, 3.63) is 17.7 Å². The van der Waals surface area contributed by atoms with Gasteiger partial charge in [0.2, 0.25) is 0 Å². The molecule has 0 bridgehead atoms. The average Bonchev–Trinajstić information content (AvgIpc) is 2.71. The minimum atomic E-state index is -0.183. The summed E-state index contributed by atoms with van der Waals surface area (Å²) in [6, 6.07) is 0.217. The highest BCUT2D eigenvalue weighted by atomic mass is 16.2. The third-order valence-corrected chi connectivity index (χ3v) is 4.35. The highest BCUT2D eigenvalue weighted by Gasteiger charge is 2.31. The lowest BCUT2D eigenvalue weighted by Gasteiger charge is -2.20. The van der Waals surface area contributed by atoms with Crippen molar-refractivity contribution < 1.29 is 4.79 Å². The van der Waals surface area contributed by atoms with Crippen LogP contribution in [-0.2, 0) is 0 Å². The Morgan fingerprint density at radius 2 is 2.10 bits per heavy atom. The average molecular weight is 276 g/mol. The van der Waals surface area contributed by atoms with Crippen molar-refractivity contribution in [1.82, 2.24) is 15.3 Å². The van der Waals surface area contributed by atoms with Crippen LogP contribution in [0.3, 0.4) is 0 Å². The zero-order chi connectivity index (χ0) is 14.9. The van der Waals surface area contributed by atoms with Crippen molar-refractivity contribution >= 4 is 11.6 Å². The number of nitrogens with zero attached hydrogens (tertiary/aromatic N) is 2. The summed E-state index contributed by atoms with van der Waals surface area (Å²) in [4.78, 5) is 20.8. The van der Waals surface area contributed by atoms with Crippen molar-refractivity contribution in [3.8, 4) is 0 Å². The second kappa shape index (κ2) is 5.77. The summed E-state index contributed by atoms with van der Waals surface area (Å²) in [5.74, 6) is 1.78. The molecule has 0 aliphatic heterocycles. The quantitative estimate of drug-likeness (QED) is 0.888. The van der Waals surface area contributed by atoms with Crippen LogP contribution >= 0.6 is 0 Å². The molecular weight excluding hydrogens is 252 g/mol. The van der Waals surface area contributed by atoms with Crippen LogP contribution in [0.25, 0.3) is 0 Å². The molecular formula is C15H24N4O. The minimum absolute atomic E-state index is 0.174. The highest BCUT2D eigenvalue weighted by molar-refractivity contribution is 5.97. The van der Waals surface area contributed by atoms with Gasteiger partial charge in [-0.3, -0.25) is 4.79 Å². The number of carbonyl (C=O) groups is 1. The zero-order valence-electron chi connectivity index (χ0n) is 12.7. The van der Waals surface area contributed by atoms with Crippen molar-refractivity contribution in [3.63, 3.8) is 0 Å². The molecule has 0 spiro atoms. The number of amides is 1. The summed E-state index contributed by atoms with van der Waals surface area (Å²) in [6.45, 7) is 8.40. The molecule has 20 heavy (non-hydrogen) atoms. The SMILES string of the molecule is CC(C)c1ncc(N)c(C(=O)NC2CCC(C)C2C)n1. The fraction of sp³-hybridized carbons (Fsp3) is 0.667. The molecule has 0 saturated heterocycles. The van der Waals surface area contributed by atoms with Gasteiger partial charge in [-0.05, 0) is 24.7 Å². The predicted octanol–water partition coefficient (Wildman–Crippen LogP) is 2.35. The lowest BCUT2D eigenvalue weighted by molar-refractivity contribution is 0.0923. The smallest absolute Gasteiger partial charge is 0.272 e. The normalized spacial score (nSPS) is 25.9. The third kappa shape index (κ3) is 2.92. The number of aromatic nitrogens is 2. The second-order valence-corrected chi connectivity index (χ2v) is 6.18. The molecule has 1 saturated carbocycles. The van der Waals surface area contributed by atoms with E-state index in [0.717, 1.165) is 12.8 Å². The first kappa shape index (κ1) is 14.8. The molecule has 110 valence electrons. The van der Waals surface area contributed by atoms with E-state index in [1.165, 1.54) is 6.20 Å². The van der Waals surface area contributed by atoms with E-state index in [1.54, 1.807) is 0 Å². The van der Waals surface area contributed by atoms with E-state index >= 15 is 0 Å². The topological polar surface area (TPSA) is 80.9 Å². The van der Waals surface area contributed by atoms with E-state index in [9.17, 15) is 4.79 Å². The summed E-state index contributed by atoms with van der Waals surface area (Å²) in [5.41, 5.74) is 6.48. The van der Waals surface area contributed by atoms with Crippen molar-refractivity contribution in [2.75, 3.05) is 5.73 Å². The van der Waals surface area contributed by atoms with Gasteiger partial charge in [0.25, 0.3) is 5.91 Å². The molecule has 0 radical (unpaired) electrons. The molecule has 3 unspecified atom stereocenters. The number of carbonyl (C=O) groups excluding carboxylic acids is 1. The number of hydrogen-bond donors (Lipinski definition) is 2. The molecule has 1 aliphatic carbocycles. The first-order chi connectivity index (χ1) is 9.40. The number of hydrogen-bond acceptors (Lipinski definition) is 4.